The van der Waals surface area contributed by atoms with Crippen molar-refractivity contribution in [2.45, 2.75) is 38.2 Å². The number of thiazole rings is 1. The van der Waals surface area contributed by atoms with Gasteiger partial charge in [-0.2, -0.15) is 11.8 Å². The van der Waals surface area contributed by atoms with Crippen molar-refractivity contribution < 1.29 is 0 Å². The number of nitrogens with two attached hydrogens (primary N) is 1. The molecule has 0 aliphatic heterocycles. The molecule has 0 spiro atoms. The second-order valence-electron chi connectivity index (χ2n) is 3.46. The van der Waals surface area contributed by atoms with Crippen molar-refractivity contribution >= 4 is 40.3 Å². The monoisotopic (exact) mass is 260 g/mol. The summed E-state index contributed by atoms with van der Waals surface area (Å²) in [7, 11) is 0. The molecule has 0 atom stereocenters. The Balaban J connectivity index is 2.78. The molecular formula is C10H16N2S3. The minimum absolute atomic E-state index is 0.477. The third-order valence-corrected chi connectivity index (χ3v) is 4.59. The third kappa shape index (κ3) is 3.74. The van der Waals surface area contributed by atoms with Crippen molar-refractivity contribution in [2.75, 3.05) is 0 Å². The zero-order chi connectivity index (χ0) is 11.4. The largest absolute Gasteiger partial charge is 0.389 e. The van der Waals surface area contributed by atoms with Crippen molar-refractivity contribution in [3.8, 4) is 0 Å². The minimum Gasteiger partial charge on any atom is -0.389 e. The molecule has 0 saturated heterocycles. The number of aromatic nitrogens is 1. The topological polar surface area (TPSA) is 38.9 Å². The number of hydrogen-bond acceptors (Lipinski definition) is 4. The van der Waals surface area contributed by atoms with Crippen LogP contribution in [0.2, 0.25) is 0 Å². The molecule has 0 bridgehead atoms. The summed E-state index contributed by atoms with van der Waals surface area (Å²) in [5.41, 5.74) is 6.70. The lowest BCUT2D eigenvalue weighted by atomic mass is 10.3. The number of rotatable bonds is 5. The molecule has 15 heavy (non-hydrogen) atoms. The number of thiocarbonyl (C=S) groups is 1. The van der Waals surface area contributed by atoms with E-state index in [0.29, 0.717) is 10.2 Å². The molecule has 84 valence electrons. The molecule has 1 aromatic heterocycles. The molecule has 1 rings (SSSR count). The summed E-state index contributed by atoms with van der Waals surface area (Å²) in [4.78, 5) is 6.02. The first-order valence-corrected chi connectivity index (χ1v) is 7.22. The number of aryl methyl sites for hydroxylation is 1. The van der Waals surface area contributed by atoms with E-state index < -0.39 is 0 Å². The van der Waals surface area contributed by atoms with E-state index in [1.165, 1.54) is 0 Å². The average molecular weight is 260 g/mol. The van der Waals surface area contributed by atoms with Crippen LogP contribution in [-0.4, -0.2) is 15.2 Å². The molecule has 1 aromatic rings. The van der Waals surface area contributed by atoms with Gasteiger partial charge >= 0.3 is 0 Å². The molecule has 2 N–H and O–H groups in total. The van der Waals surface area contributed by atoms with Crippen molar-refractivity contribution in [1.82, 2.24) is 4.98 Å². The van der Waals surface area contributed by atoms with Crippen LogP contribution in [0.25, 0.3) is 0 Å². The summed E-state index contributed by atoms with van der Waals surface area (Å²) in [5.74, 6) is 0.956. The molecule has 0 unspecified atom stereocenters. The molecule has 0 amide bonds. The van der Waals surface area contributed by atoms with E-state index in [2.05, 4.69) is 25.8 Å². The van der Waals surface area contributed by atoms with Crippen LogP contribution in [0.1, 0.15) is 36.3 Å². The van der Waals surface area contributed by atoms with Crippen molar-refractivity contribution in [2.24, 2.45) is 5.73 Å². The Labute approximate surface area is 105 Å². The zero-order valence-corrected chi connectivity index (χ0v) is 11.7. The van der Waals surface area contributed by atoms with Gasteiger partial charge in [0.15, 0.2) is 0 Å². The maximum absolute atomic E-state index is 5.65. The molecule has 1 heterocycles. The van der Waals surface area contributed by atoms with Crippen LogP contribution in [0, 0.1) is 0 Å². The highest BCUT2D eigenvalue weighted by Gasteiger charge is 2.12. The number of hydrogen-bond donors (Lipinski definition) is 1. The fourth-order valence-corrected chi connectivity index (χ4v) is 3.16. The van der Waals surface area contributed by atoms with E-state index in [0.717, 1.165) is 27.8 Å². The molecule has 0 aromatic carbocycles. The van der Waals surface area contributed by atoms with E-state index in [1.807, 2.05) is 11.8 Å². The Morgan fingerprint density at radius 3 is 2.67 bits per heavy atom. The molecule has 0 radical (unpaired) electrons. The normalized spacial score (nSPS) is 10.9. The average Bonchev–Trinajstić information content (AvgIpc) is 2.57. The fraction of sp³-hybridized carbons (Fsp3) is 0.600. The van der Waals surface area contributed by atoms with Crippen molar-refractivity contribution in [3.05, 3.63) is 15.6 Å². The van der Waals surface area contributed by atoms with Gasteiger partial charge in [0.2, 0.25) is 0 Å². The summed E-state index contributed by atoms with van der Waals surface area (Å²) in [5, 5.41) is 1.76. The SMILES string of the molecule is CCc1nc(CSC(C)C)sc1C(N)=S. The van der Waals surface area contributed by atoms with Gasteiger partial charge in [0.05, 0.1) is 10.6 Å². The first kappa shape index (κ1) is 12.9. The lowest BCUT2D eigenvalue weighted by molar-refractivity contribution is 1.03. The molecule has 0 aliphatic rings. The van der Waals surface area contributed by atoms with Crippen molar-refractivity contribution in [1.29, 1.82) is 0 Å². The van der Waals surface area contributed by atoms with Crippen molar-refractivity contribution in [3.63, 3.8) is 0 Å². The first-order valence-electron chi connectivity index (χ1n) is 4.94. The summed E-state index contributed by atoms with van der Waals surface area (Å²) < 4.78 is 0. The van der Waals surface area contributed by atoms with E-state index in [1.54, 1.807) is 11.3 Å². The van der Waals surface area contributed by atoms with Gasteiger partial charge in [-0.15, -0.1) is 11.3 Å². The van der Waals surface area contributed by atoms with E-state index in [-0.39, 0.29) is 0 Å². The summed E-state index contributed by atoms with van der Waals surface area (Å²) in [6.07, 6.45) is 0.898. The lowest BCUT2D eigenvalue weighted by Gasteiger charge is -2.00. The van der Waals surface area contributed by atoms with Gasteiger partial charge in [0.25, 0.3) is 0 Å². The standard InChI is InChI=1S/C10H16N2S3/c1-4-7-9(10(11)13)15-8(12-7)5-14-6(2)3/h6H,4-5H2,1-3H3,(H2,11,13). The number of thioether (sulfide) groups is 1. The van der Waals surface area contributed by atoms with Gasteiger partial charge in [-0.3, -0.25) is 0 Å². The third-order valence-electron chi connectivity index (χ3n) is 1.84. The Morgan fingerprint density at radius 2 is 2.27 bits per heavy atom. The molecular weight excluding hydrogens is 244 g/mol. The summed E-state index contributed by atoms with van der Waals surface area (Å²) in [6.45, 7) is 6.46. The van der Waals surface area contributed by atoms with Crippen LogP contribution in [0.15, 0.2) is 0 Å². The van der Waals surface area contributed by atoms with Crippen LogP contribution >= 0.6 is 35.3 Å². The fourth-order valence-electron chi connectivity index (χ4n) is 1.13. The molecule has 0 saturated carbocycles. The predicted molar refractivity (Wildman–Crippen MR) is 73.8 cm³/mol. The van der Waals surface area contributed by atoms with Gasteiger partial charge in [-0.1, -0.05) is 33.0 Å². The Kier molecular flexibility index (Phi) is 5.02. The van der Waals surface area contributed by atoms with Gasteiger partial charge in [0.1, 0.15) is 10.00 Å². The Bertz CT molecular complexity index is 344. The molecule has 5 heteroatoms. The van der Waals surface area contributed by atoms with Crippen LogP contribution < -0.4 is 5.73 Å². The smallest absolute Gasteiger partial charge is 0.116 e. The van der Waals surface area contributed by atoms with Gasteiger partial charge in [0, 0.05) is 5.75 Å². The molecule has 0 aliphatic carbocycles. The van der Waals surface area contributed by atoms with Gasteiger partial charge < -0.3 is 5.73 Å². The highest BCUT2D eigenvalue weighted by Crippen LogP contribution is 2.24. The lowest BCUT2D eigenvalue weighted by Crippen LogP contribution is -2.09. The Morgan fingerprint density at radius 1 is 1.60 bits per heavy atom. The maximum Gasteiger partial charge on any atom is 0.116 e. The van der Waals surface area contributed by atoms with E-state index in [4.69, 9.17) is 18.0 Å². The second kappa shape index (κ2) is 5.82. The van der Waals surface area contributed by atoms with Crippen LogP contribution in [-0.2, 0) is 12.2 Å². The van der Waals surface area contributed by atoms with E-state index >= 15 is 0 Å². The van der Waals surface area contributed by atoms with Crippen LogP contribution in [0.3, 0.4) is 0 Å². The van der Waals surface area contributed by atoms with Crippen LogP contribution in [0.5, 0.6) is 0 Å². The van der Waals surface area contributed by atoms with Gasteiger partial charge in [-0.25, -0.2) is 4.98 Å². The van der Waals surface area contributed by atoms with E-state index in [9.17, 15) is 0 Å². The molecule has 0 fully saturated rings. The van der Waals surface area contributed by atoms with Gasteiger partial charge in [-0.05, 0) is 11.7 Å². The summed E-state index contributed by atoms with van der Waals surface area (Å²) in [6, 6.07) is 0. The zero-order valence-electron chi connectivity index (χ0n) is 9.24. The highest BCUT2D eigenvalue weighted by molar-refractivity contribution is 7.99. The maximum atomic E-state index is 5.65. The number of nitrogens with zero attached hydrogens (tertiary/aromatic N) is 1. The predicted octanol–water partition coefficient (Wildman–Crippen LogP) is 2.98. The molecule has 2 nitrogen and oxygen atoms in total. The summed E-state index contributed by atoms with van der Waals surface area (Å²) >= 11 is 8.53. The first-order chi connectivity index (χ1) is 7.04. The minimum atomic E-state index is 0.477. The second-order valence-corrected chi connectivity index (χ2v) is 6.55. The Hall–Kier alpha value is -0.130. The quantitative estimate of drug-likeness (QED) is 0.826. The highest BCUT2D eigenvalue weighted by atomic mass is 32.2. The van der Waals surface area contributed by atoms with Crippen LogP contribution in [0.4, 0.5) is 0 Å².